The number of carbonyl (C=O) groups excluding carboxylic acids is 1. The molecule has 0 fully saturated rings. The number of hydrogen-bond acceptors (Lipinski definition) is 4. The first-order valence-corrected chi connectivity index (χ1v) is 10.1. The highest BCUT2D eigenvalue weighted by Gasteiger charge is 2.29. The van der Waals surface area contributed by atoms with Gasteiger partial charge in [-0.25, -0.2) is 0 Å². The molecular weight excluding hydrogens is 432 g/mol. The van der Waals surface area contributed by atoms with Gasteiger partial charge in [0, 0.05) is 4.47 Å². The third kappa shape index (κ3) is 4.59. The van der Waals surface area contributed by atoms with E-state index in [1.54, 1.807) is 6.08 Å². The molecule has 0 radical (unpaired) electrons. The van der Waals surface area contributed by atoms with Gasteiger partial charge in [0.2, 0.25) is 0 Å². The van der Waals surface area contributed by atoms with Crippen molar-refractivity contribution in [2.45, 2.75) is 20.8 Å². The molecule has 2 aromatic rings. The van der Waals surface area contributed by atoms with Crippen LogP contribution in [0.1, 0.15) is 25.0 Å². The van der Waals surface area contributed by atoms with E-state index in [9.17, 15) is 4.79 Å². The number of hydrogen-bond donors (Lipinski definition) is 0. The van der Waals surface area contributed by atoms with E-state index in [2.05, 4.69) is 27.6 Å². The van der Waals surface area contributed by atoms with E-state index in [1.165, 1.54) is 5.01 Å². The molecule has 29 heavy (non-hydrogen) atoms. The molecule has 0 unspecified atom stereocenters. The van der Waals surface area contributed by atoms with Crippen LogP contribution in [-0.4, -0.2) is 24.8 Å². The van der Waals surface area contributed by atoms with Crippen molar-refractivity contribution in [3.8, 4) is 11.5 Å². The second-order valence-electron chi connectivity index (χ2n) is 6.55. The van der Waals surface area contributed by atoms with Gasteiger partial charge in [0.1, 0.15) is 6.61 Å². The summed E-state index contributed by atoms with van der Waals surface area (Å²) >= 11 is 3.57. The molecule has 1 aliphatic rings. The highest BCUT2D eigenvalue weighted by atomic mass is 79.9. The van der Waals surface area contributed by atoms with Crippen LogP contribution in [0.4, 0.5) is 5.69 Å². The molecule has 0 N–H and O–H groups in total. The second kappa shape index (κ2) is 9.09. The Morgan fingerprint density at radius 3 is 2.48 bits per heavy atom. The summed E-state index contributed by atoms with van der Waals surface area (Å²) in [5.41, 5.74) is 3.87. The maximum Gasteiger partial charge on any atom is 0.280 e. The molecule has 2 aromatic carbocycles. The Bertz CT molecular complexity index is 994. The van der Waals surface area contributed by atoms with Gasteiger partial charge in [-0.05, 0) is 56.7 Å². The highest BCUT2D eigenvalue weighted by molar-refractivity contribution is 9.10. The maximum absolute atomic E-state index is 13.0. The van der Waals surface area contributed by atoms with Gasteiger partial charge in [0.05, 0.1) is 23.6 Å². The van der Waals surface area contributed by atoms with Crippen molar-refractivity contribution < 1.29 is 14.3 Å². The average Bonchev–Trinajstić information content (AvgIpc) is 2.98. The van der Waals surface area contributed by atoms with Crippen molar-refractivity contribution >= 4 is 39.3 Å². The fourth-order valence-corrected chi connectivity index (χ4v) is 3.33. The molecule has 1 heterocycles. The van der Waals surface area contributed by atoms with Crippen molar-refractivity contribution in [2.75, 3.05) is 18.2 Å². The lowest BCUT2D eigenvalue weighted by atomic mass is 10.1. The molecule has 1 aliphatic heterocycles. The fourth-order valence-electron chi connectivity index (χ4n) is 2.89. The van der Waals surface area contributed by atoms with Crippen LogP contribution in [-0.2, 0) is 4.79 Å². The van der Waals surface area contributed by atoms with E-state index in [0.29, 0.717) is 36.0 Å². The maximum atomic E-state index is 13.0. The van der Waals surface area contributed by atoms with Gasteiger partial charge in [-0.2, -0.15) is 10.1 Å². The van der Waals surface area contributed by atoms with Crippen LogP contribution in [0, 0.1) is 6.92 Å². The molecule has 3 rings (SSSR count). The number of hydrazone groups is 1. The topological polar surface area (TPSA) is 51.1 Å². The van der Waals surface area contributed by atoms with Gasteiger partial charge in [0.15, 0.2) is 11.5 Å². The first-order chi connectivity index (χ1) is 13.9. The summed E-state index contributed by atoms with van der Waals surface area (Å²) in [5, 5.41) is 5.87. The summed E-state index contributed by atoms with van der Waals surface area (Å²) in [6.07, 6.45) is 3.50. The van der Waals surface area contributed by atoms with Crippen LogP contribution < -0.4 is 14.5 Å². The number of aryl methyl sites for hydroxylation is 1. The molecule has 0 spiro atoms. The third-order valence-electron chi connectivity index (χ3n) is 4.36. The Morgan fingerprint density at radius 1 is 1.14 bits per heavy atom. The zero-order valence-corrected chi connectivity index (χ0v) is 18.3. The van der Waals surface area contributed by atoms with Crippen LogP contribution in [0.25, 0.3) is 6.08 Å². The van der Waals surface area contributed by atoms with E-state index in [0.717, 1.165) is 21.3 Å². The molecule has 1 amide bonds. The number of amides is 1. The van der Waals surface area contributed by atoms with Crippen molar-refractivity contribution in [1.29, 1.82) is 0 Å². The molecule has 0 atom stereocenters. The minimum Gasteiger partial charge on any atom is -0.490 e. The quantitative estimate of drug-likeness (QED) is 0.408. The van der Waals surface area contributed by atoms with Crippen LogP contribution in [0.2, 0.25) is 0 Å². The summed E-state index contributed by atoms with van der Waals surface area (Å²) in [4.78, 5) is 13.0. The molecule has 0 saturated heterocycles. The molecule has 5 nitrogen and oxygen atoms in total. The summed E-state index contributed by atoms with van der Waals surface area (Å²) in [6, 6.07) is 11.4. The average molecular weight is 455 g/mol. The van der Waals surface area contributed by atoms with Gasteiger partial charge < -0.3 is 9.47 Å². The molecule has 0 bridgehead atoms. The number of benzene rings is 2. The van der Waals surface area contributed by atoms with E-state index in [1.807, 2.05) is 63.2 Å². The summed E-state index contributed by atoms with van der Waals surface area (Å²) in [7, 11) is 0. The predicted molar refractivity (Wildman–Crippen MR) is 121 cm³/mol. The predicted octanol–water partition coefficient (Wildman–Crippen LogP) is 5.53. The zero-order valence-electron chi connectivity index (χ0n) is 16.7. The minimum atomic E-state index is -0.164. The number of halogens is 1. The monoisotopic (exact) mass is 454 g/mol. The molecule has 0 saturated carbocycles. The molecular formula is C23H23BrN2O3. The second-order valence-corrected chi connectivity index (χ2v) is 7.40. The van der Waals surface area contributed by atoms with Gasteiger partial charge in [-0.1, -0.05) is 46.3 Å². The van der Waals surface area contributed by atoms with Crippen molar-refractivity contribution in [1.82, 2.24) is 0 Å². The normalized spacial score (nSPS) is 14.9. The van der Waals surface area contributed by atoms with Gasteiger partial charge in [0.25, 0.3) is 5.91 Å². The Morgan fingerprint density at radius 2 is 1.83 bits per heavy atom. The number of anilines is 1. The minimum absolute atomic E-state index is 0.164. The summed E-state index contributed by atoms with van der Waals surface area (Å²) < 4.78 is 12.2. The lowest BCUT2D eigenvalue weighted by Gasteiger charge is -2.14. The van der Waals surface area contributed by atoms with Crippen molar-refractivity contribution in [3.05, 3.63) is 70.2 Å². The van der Waals surface area contributed by atoms with E-state index < -0.39 is 0 Å². The largest absolute Gasteiger partial charge is 0.490 e. The van der Waals surface area contributed by atoms with Crippen LogP contribution in [0.5, 0.6) is 11.5 Å². The number of nitrogens with zero attached hydrogens (tertiary/aromatic N) is 2. The first kappa shape index (κ1) is 20.9. The molecule has 6 heteroatoms. The van der Waals surface area contributed by atoms with Crippen LogP contribution in [0.15, 0.2) is 64.2 Å². The smallest absolute Gasteiger partial charge is 0.280 e. The standard InChI is InChI=1S/C23H23BrN2O3/c1-5-11-29-22-14-20(24)17(13-21(22)28-6-2)12-19-16(4)25-26(23(19)27)18-9-7-15(3)8-10-18/h5,7-10,12-14H,1,6,11H2,2-4H3/b19-12+. The third-order valence-corrected chi connectivity index (χ3v) is 5.05. The number of carbonyl (C=O) groups is 1. The Labute approximate surface area is 179 Å². The molecule has 150 valence electrons. The van der Waals surface area contributed by atoms with Gasteiger partial charge in [-0.15, -0.1) is 0 Å². The van der Waals surface area contributed by atoms with Crippen LogP contribution in [0.3, 0.4) is 0 Å². The SMILES string of the molecule is C=CCOc1cc(Br)c(/C=C2/C(=O)N(c3ccc(C)cc3)N=C2C)cc1OCC. The Kier molecular flexibility index (Phi) is 6.54. The highest BCUT2D eigenvalue weighted by Crippen LogP contribution is 2.36. The number of ether oxygens (including phenoxy) is 2. The van der Waals surface area contributed by atoms with Crippen molar-refractivity contribution in [3.63, 3.8) is 0 Å². The van der Waals surface area contributed by atoms with E-state index in [-0.39, 0.29) is 5.91 Å². The molecule has 0 aromatic heterocycles. The Hall–Kier alpha value is -2.86. The zero-order chi connectivity index (χ0) is 21.0. The molecule has 0 aliphatic carbocycles. The van der Waals surface area contributed by atoms with Crippen molar-refractivity contribution in [2.24, 2.45) is 5.10 Å². The first-order valence-electron chi connectivity index (χ1n) is 9.33. The van der Waals surface area contributed by atoms with E-state index >= 15 is 0 Å². The number of rotatable bonds is 7. The summed E-state index contributed by atoms with van der Waals surface area (Å²) in [6.45, 7) is 10.3. The summed E-state index contributed by atoms with van der Waals surface area (Å²) in [5.74, 6) is 1.06. The van der Waals surface area contributed by atoms with E-state index in [4.69, 9.17) is 9.47 Å². The Balaban J connectivity index is 1.95. The van der Waals surface area contributed by atoms with Gasteiger partial charge in [-0.3, -0.25) is 4.79 Å². The van der Waals surface area contributed by atoms with Gasteiger partial charge >= 0.3 is 0 Å². The fraction of sp³-hybridized carbons (Fsp3) is 0.217. The lowest BCUT2D eigenvalue weighted by Crippen LogP contribution is -2.21. The van der Waals surface area contributed by atoms with Crippen LogP contribution >= 0.6 is 15.9 Å². The lowest BCUT2D eigenvalue weighted by molar-refractivity contribution is -0.114.